The van der Waals surface area contributed by atoms with Crippen LogP contribution in [0.15, 0.2) is 24.3 Å². The van der Waals surface area contributed by atoms with E-state index >= 15 is 0 Å². The van der Waals surface area contributed by atoms with Crippen LogP contribution in [0.4, 0.5) is 4.39 Å². The van der Waals surface area contributed by atoms with Crippen molar-refractivity contribution in [3.05, 3.63) is 35.6 Å². The number of nitrogens with zero attached hydrogens (tertiary/aromatic N) is 1. The molecule has 0 spiro atoms. The number of amides is 1. The van der Waals surface area contributed by atoms with Gasteiger partial charge in [0.25, 0.3) is 0 Å². The van der Waals surface area contributed by atoms with Crippen LogP contribution < -0.4 is 5.73 Å². The molecule has 0 heterocycles. The average molecular weight is 240 g/mol. The number of aliphatic hydroxyl groups is 1. The van der Waals surface area contributed by atoms with Crippen molar-refractivity contribution in [3.8, 4) is 0 Å². The van der Waals surface area contributed by atoms with Crippen LogP contribution in [0.25, 0.3) is 0 Å². The number of hydrogen-bond donors (Lipinski definition) is 2. The Labute approximate surface area is 99.8 Å². The molecule has 94 valence electrons. The zero-order valence-corrected chi connectivity index (χ0v) is 9.77. The second-order valence-electron chi connectivity index (χ2n) is 3.93. The Bertz CT molecular complexity index is 367. The van der Waals surface area contributed by atoms with Gasteiger partial charge in [0.1, 0.15) is 11.9 Å². The van der Waals surface area contributed by atoms with Crippen LogP contribution in [0, 0.1) is 5.82 Å². The highest BCUT2D eigenvalue weighted by Crippen LogP contribution is 2.04. The molecule has 5 heteroatoms. The summed E-state index contributed by atoms with van der Waals surface area (Å²) in [5.74, 6) is -0.574. The first kappa shape index (κ1) is 13.6. The van der Waals surface area contributed by atoms with Gasteiger partial charge in [-0.2, -0.15) is 0 Å². The Morgan fingerprint density at radius 2 is 2.06 bits per heavy atom. The van der Waals surface area contributed by atoms with E-state index in [1.165, 1.54) is 17.0 Å². The lowest BCUT2D eigenvalue weighted by atomic mass is 10.1. The fourth-order valence-corrected chi connectivity index (χ4v) is 1.42. The lowest BCUT2D eigenvalue weighted by Crippen LogP contribution is -2.44. The van der Waals surface area contributed by atoms with Crippen LogP contribution in [0.1, 0.15) is 5.56 Å². The third-order valence-corrected chi connectivity index (χ3v) is 2.54. The second-order valence-corrected chi connectivity index (χ2v) is 3.93. The van der Waals surface area contributed by atoms with Gasteiger partial charge in [0.15, 0.2) is 0 Å². The fraction of sp³-hybridized carbons (Fsp3) is 0.417. The number of benzene rings is 1. The molecule has 1 aromatic rings. The number of aliphatic hydroxyl groups excluding tert-OH is 1. The van der Waals surface area contributed by atoms with Crippen molar-refractivity contribution in [1.29, 1.82) is 0 Å². The topological polar surface area (TPSA) is 66.6 Å². The first-order chi connectivity index (χ1) is 8.04. The standard InChI is InChI=1S/C12H17FN2O2/c1-15(12(17)11(14)8-16)7-6-9-2-4-10(13)5-3-9/h2-5,11,16H,6-8,14H2,1H3. The predicted molar refractivity (Wildman–Crippen MR) is 62.8 cm³/mol. The maximum Gasteiger partial charge on any atom is 0.241 e. The van der Waals surface area contributed by atoms with Crippen LogP contribution >= 0.6 is 0 Å². The molecule has 1 amide bonds. The number of nitrogens with two attached hydrogens (primary N) is 1. The Balaban J connectivity index is 2.45. The fourth-order valence-electron chi connectivity index (χ4n) is 1.42. The minimum absolute atomic E-state index is 0.277. The molecule has 1 unspecified atom stereocenters. The normalized spacial score (nSPS) is 12.2. The van der Waals surface area contributed by atoms with Crippen LogP contribution in [0.2, 0.25) is 0 Å². The highest BCUT2D eigenvalue weighted by molar-refractivity contribution is 5.81. The molecule has 0 radical (unpaired) electrons. The molecule has 0 aliphatic rings. The first-order valence-electron chi connectivity index (χ1n) is 5.40. The molecule has 0 aliphatic heterocycles. The first-order valence-corrected chi connectivity index (χ1v) is 5.40. The molecular weight excluding hydrogens is 223 g/mol. The van der Waals surface area contributed by atoms with Crippen molar-refractivity contribution in [2.75, 3.05) is 20.2 Å². The van der Waals surface area contributed by atoms with E-state index in [2.05, 4.69) is 0 Å². The molecule has 0 saturated heterocycles. The highest BCUT2D eigenvalue weighted by atomic mass is 19.1. The Morgan fingerprint density at radius 1 is 1.47 bits per heavy atom. The Morgan fingerprint density at radius 3 is 2.59 bits per heavy atom. The van der Waals surface area contributed by atoms with E-state index in [-0.39, 0.29) is 18.3 Å². The van der Waals surface area contributed by atoms with E-state index in [0.29, 0.717) is 13.0 Å². The van der Waals surface area contributed by atoms with E-state index < -0.39 is 6.04 Å². The zero-order valence-electron chi connectivity index (χ0n) is 9.77. The summed E-state index contributed by atoms with van der Waals surface area (Å²) in [5, 5.41) is 8.76. The van der Waals surface area contributed by atoms with Crippen molar-refractivity contribution in [2.45, 2.75) is 12.5 Å². The zero-order chi connectivity index (χ0) is 12.8. The summed E-state index contributed by atoms with van der Waals surface area (Å²) in [4.78, 5) is 13.0. The SMILES string of the molecule is CN(CCc1ccc(F)cc1)C(=O)C(N)CO. The Kier molecular flexibility index (Phi) is 5.06. The van der Waals surface area contributed by atoms with Gasteiger partial charge in [0, 0.05) is 13.6 Å². The van der Waals surface area contributed by atoms with Crippen molar-refractivity contribution in [2.24, 2.45) is 5.73 Å². The predicted octanol–water partition coefficient (Wildman–Crippen LogP) is 0.146. The number of halogens is 1. The number of carbonyl (C=O) groups excluding carboxylic acids is 1. The van der Waals surface area contributed by atoms with Crippen LogP contribution in [-0.2, 0) is 11.2 Å². The quantitative estimate of drug-likeness (QED) is 0.769. The third kappa shape index (κ3) is 4.13. The lowest BCUT2D eigenvalue weighted by Gasteiger charge is -2.20. The molecule has 1 rings (SSSR count). The molecule has 17 heavy (non-hydrogen) atoms. The van der Waals surface area contributed by atoms with Crippen LogP contribution in [0.5, 0.6) is 0 Å². The molecule has 1 aromatic carbocycles. The van der Waals surface area contributed by atoms with Gasteiger partial charge in [-0.1, -0.05) is 12.1 Å². The summed E-state index contributed by atoms with van der Waals surface area (Å²) in [6.45, 7) is 0.123. The molecule has 1 atom stereocenters. The van der Waals surface area contributed by atoms with Crippen molar-refractivity contribution in [1.82, 2.24) is 4.90 Å². The van der Waals surface area contributed by atoms with Crippen LogP contribution in [-0.4, -0.2) is 42.2 Å². The number of carbonyl (C=O) groups is 1. The summed E-state index contributed by atoms with van der Waals surface area (Å²) in [5.41, 5.74) is 6.36. The van der Waals surface area contributed by atoms with E-state index in [1.807, 2.05) is 0 Å². The van der Waals surface area contributed by atoms with E-state index in [4.69, 9.17) is 10.8 Å². The number of likely N-dealkylation sites (N-methyl/N-ethyl adjacent to an activating group) is 1. The van der Waals surface area contributed by atoms with E-state index in [0.717, 1.165) is 5.56 Å². The molecule has 0 bridgehead atoms. The van der Waals surface area contributed by atoms with Crippen LogP contribution in [0.3, 0.4) is 0 Å². The van der Waals surface area contributed by atoms with Gasteiger partial charge in [-0.05, 0) is 24.1 Å². The molecule has 0 fully saturated rings. The minimum atomic E-state index is -0.867. The van der Waals surface area contributed by atoms with Crippen molar-refractivity contribution < 1.29 is 14.3 Å². The molecule has 0 aliphatic carbocycles. The average Bonchev–Trinajstić information content (AvgIpc) is 2.35. The smallest absolute Gasteiger partial charge is 0.241 e. The van der Waals surface area contributed by atoms with Gasteiger partial charge in [-0.25, -0.2) is 4.39 Å². The van der Waals surface area contributed by atoms with Gasteiger partial charge in [-0.15, -0.1) is 0 Å². The second kappa shape index (κ2) is 6.32. The van der Waals surface area contributed by atoms with E-state index in [1.54, 1.807) is 19.2 Å². The maximum atomic E-state index is 12.7. The molecule has 4 nitrogen and oxygen atoms in total. The highest BCUT2D eigenvalue weighted by Gasteiger charge is 2.16. The van der Waals surface area contributed by atoms with Gasteiger partial charge >= 0.3 is 0 Å². The summed E-state index contributed by atoms with van der Waals surface area (Å²) in [7, 11) is 1.63. The van der Waals surface area contributed by atoms with Crippen molar-refractivity contribution >= 4 is 5.91 Å². The molecular formula is C12H17FN2O2. The maximum absolute atomic E-state index is 12.7. The number of hydrogen-bond acceptors (Lipinski definition) is 3. The molecule has 0 saturated carbocycles. The van der Waals surface area contributed by atoms with Gasteiger partial charge < -0.3 is 15.7 Å². The third-order valence-electron chi connectivity index (χ3n) is 2.54. The van der Waals surface area contributed by atoms with Crippen molar-refractivity contribution in [3.63, 3.8) is 0 Å². The summed E-state index contributed by atoms with van der Waals surface area (Å²) in [6.07, 6.45) is 0.626. The van der Waals surface area contributed by atoms with E-state index in [9.17, 15) is 9.18 Å². The monoisotopic (exact) mass is 240 g/mol. The van der Waals surface area contributed by atoms with Gasteiger partial charge in [0.2, 0.25) is 5.91 Å². The lowest BCUT2D eigenvalue weighted by molar-refractivity contribution is -0.132. The summed E-state index contributed by atoms with van der Waals surface area (Å²) >= 11 is 0. The summed E-state index contributed by atoms with van der Waals surface area (Å²) < 4.78 is 12.7. The summed E-state index contributed by atoms with van der Waals surface area (Å²) in [6, 6.07) is 5.26. The van der Waals surface area contributed by atoms with Gasteiger partial charge in [0.05, 0.1) is 6.61 Å². The molecule has 0 aromatic heterocycles. The Hall–Kier alpha value is -1.46. The number of rotatable bonds is 5. The molecule has 3 N–H and O–H groups in total. The van der Waals surface area contributed by atoms with Gasteiger partial charge in [-0.3, -0.25) is 4.79 Å². The largest absolute Gasteiger partial charge is 0.394 e. The minimum Gasteiger partial charge on any atom is -0.394 e.